The van der Waals surface area contributed by atoms with Crippen molar-refractivity contribution >= 4 is 29.4 Å². The number of nitrogens with zero attached hydrogens (tertiary/aromatic N) is 1. The number of carbonyl (C=O) groups is 2. The van der Waals surface area contributed by atoms with Crippen LogP contribution >= 0.6 is 11.3 Å². The van der Waals surface area contributed by atoms with Gasteiger partial charge in [0.1, 0.15) is 0 Å². The van der Waals surface area contributed by atoms with Crippen LogP contribution in [0.1, 0.15) is 23.3 Å². The van der Waals surface area contributed by atoms with Crippen LogP contribution in [-0.4, -0.2) is 18.0 Å². The van der Waals surface area contributed by atoms with Crippen molar-refractivity contribution in [1.82, 2.24) is 16.3 Å². The summed E-state index contributed by atoms with van der Waals surface area (Å²) in [5.74, 6) is -0.729. The number of thiophene rings is 1. The van der Waals surface area contributed by atoms with E-state index in [0.29, 0.717) is 12.1 Å². The van der Waals surface area contributed by atoms with Gasteiger partial charge < -0.3 is 5.43 Å². The Labute approximate surface area is 120 Å². The molecule has 1 atom stereocenters. The van der Waals surface area contributed by atoms with Gasteiger partial charge in [0.05, 0.1) is 12.1 Å². The second kappa shape index (κ2) is 6.33. The average Bonchev–Trinajstić information content (AvgIpc) is 2.95. The molecule has 1 fully saturated rings. The third kappa shape index (κ3) is 3.45. The zero-order valence-electron chi connectivity index (χ0n) is 11.1. The van der Waals surface area contributed by atoms with Crippen LogP contribution < -0.4 is 16.3 Å². The summed E-state index contributed by atoms with van der Waals surface area (Å²) < 4.78 is 0. The van der Waals surface area contributed by atoms with Crippen LogP contribution in [0.25, 0.3) is 0 Å². The van der Waals surface area contributed by atoms with Crippen molar-refractivity contribution in [2.75, 3.05) is 0 Å². The number of hydrazine groups is 1. The quantitative estimate of drug-likeness (QED) is 0.560. The van der Waals surface area contributed by atoms with Crippen LogP contribution in [0, 0.1) is 12.8 Å². The van der Waals surface area contributed by atoms with Crippen LogP contribution in [0.15, 0.2) is 28.8 Å². The molecule has 2 rings (SSSR count). The van der Waals surface area contributed by atoms with Gasteiger partial charge in [-0.05, 0) is 30.4 Å². The second-order valence-corrected chi connectivity index (χ2v) is 5.44. The maximum absolute atomic E-state index is 11.6. The summed E-state index contributed by atoms with van der Waals surface area (Å²) in [6.07, 6.45) is 2.26. The number of amides is 2. The van der Waals surface area contributed by atoms with Gasteiger partial charge in [-0.3, -0.25) is 15.0 Å². The van der Waals surface area contributed by atoms with E-state index in [1.807, 2.05) is 18.4 Å². The summed E-state index contributed by atoms with van der Waals surface area (Å²) in [7, 11) is 0. The number of hydrogen-bond donors (Lipinski definition) is 3. The first kappa shape index (κ1) is 14.3. The van der Waals surface area contributed by atoms with Crippen molar-refractivity contribution in [2.24, 2.45) is 11.0 Å². The van der Waals surface area contributed by atoms with Crippen LogP contribution in [0.4, 0.5) is 0 Å². The zero-order chi connectivity index (χ0) is 14.5. The SMILES string of the molecule is C=C1NNC(=O)[C@@H]1CCC(=O)NN=Cc1sccc1C. The Kier molecular flexibility index (Phi) is 4.52. The summed E-state index contributed by atoms with van der Waals surface area (Å²) in [5, 5.41) is 5.87. The Morgan fingerprint density at radius 2 is 2.40 bits per heavy atom. The first-order chi connectivity index (χ1) is 9.58. The zero-order valence-corrected chi connectivity index (χ0v) is 11.9. The number of carbonyl (C=O) groups excluding carboxylic acids is 2. The van der Waals surface area contributed by atoms with E-state index in [4.69, 9.17) is 0 Å². The number of hydrogen-bond acceptors (Lipinski definition) is 5. The lowest BCUT2D eigenvalue weighted by Gasteiger charge is -2.05. The molecule has 0 aromatic carbocycles. The molecule has 2 heterocycles. The lowest BCUT2D eigenvalue weighted by molar-refractivity contribution is -0.123. The van der Waals surface area contributed by atoms with Crippen LogP contribution in [0.2, 0.25) is 0 Å². The van der Waals surface area contributed by atoms with Crippen molar-refractivity contribution in [2.45, 2.75) is 19.8 Å². The normalized spacial score (nSPS) is 18.1. The van der Waals surface area contributed by atoms with Gasteiger partial charge in [0, 0.05) is 17.0 Å². The highest BCUT2D eigenvalue weighted by Crippen LogP contribution is 2.17. The summed E-state index contributed by atoms with van der Waals surface area (Å²) in [4.78, 5) is 24.0. The molecule has 0 radical (unpaired) electrons. The van der Waals surface area contributed by atoms with E-state index in [-0.39, 0.29) is 24.2 Å². The molecule has 20 heavy (non-hydrogen) atoms. The third-order valence-corrected chi connectivity index (χ3v) is 3.97. The molecule has 1 saturated heterocycles. The van der Waals surface area contributed by atoms with E-state index < -0.39 is 0 Å². The summed E-state index contributed by atoms with van der Waals surface area (Å²) in [6, 6.07) is 1.99. The molecule has 1 aromatic rings. The molecule has 0 unspecified atom stereocenters. The minimum atomic E-state index is -0.357. The monoisotopic (exact) mass is 292 g/mol. The average molecular weight is 292 g/mol. The fourth-order valence-electron chi connectivity index (χ4n) is 1.79. The Bertz CT molecular complexity index is 548. The van der Waals surface area contributed by atoms with E-state index in [2.05, 4.69) is 28.0 Å². The molecule has 3 N–H and O–H groups in total. The molecule has 106 valence electrons. The molecule has 2 amide bonds. The first-order valence-corrected chi connectivity index (χ1v) is 7.06. The molecule has 1 aliphatic rings. The largest absolute Gasteiger partial charge is 0.303 e. The molecule has 1 aliphatic heterocycles. The summed E-state index contributed by atoms with van der Waals surface area (Å²) in [6.45, 7) is 5.70. The summed E-state index contributed by atoms with van der Waals surface area (Å²) in [5.41, 5.74) is 9.30. The van der Waals surface area contributed by atoms with Crippen molar-refractivity contribution < 1.29 is 9.59 Å². The molecule has 0 aliphatic carbocycles. The standard InChI is InChI=1S/C13H16N4O2S/c1-8-5-6-20-11(8)7-14-16-12(18)4-3-10-9(2)15-17-13(10)19/h5-7,10,15H,2-4H2,1H3,(H,16,18)(H,17,19)/t10-/m1/s1. The minimum absolute atomic E-state index is 0.152. The fraction of sp³-hybridized carbons (Fsp3) is 0.308. The van der Waals surface area contributed by atoms with Gasteiger partial charge in [-0.1, -0.05) is 6.58 Å². The molecule has 7 heteroatoms. The van der Waals surface area contributed by atoms with Crippen LogP contribution in [0.3, 0.4) is 0 Å². The molecular weight excluding hydrogens is 276 g/mol. The molecule has 1 aromatic heterocycles. The van der Waals surface area contributed by atoms with Crippen LogP contribution in [0.5, 0.6) is 0 Å². The van der Waals surface area contributed by atoms with E-state index in [0.717, 1.165) is 10.4 Å². The van der Waals surface area contributed by atoms with E-state index in [9.17, 15) is 9.59 Å². The van der Waals surface area contributed by atoms with Gasteiger partial charge >= 0.3 is 0 Å². The maximum Gasteiger partial charge on any atom is 0.247 e. The van der Waals surface area contributed by atoms with E-state index in [1.54, 1.807) is 17.6 Å². The van der Waals surface area contributed by atoms with Gasteiger partial charge in [-0.15, -0.1) is 11.3 Å². The van der Waals surface area contributed by atoms with Gasteiger partial charge in [0.2, 0.25) is 11.8 Å². The molecule has 0 saturated carbocycles. The van der Waals surface area contributed by atoms with Gasteiger partial charge in [-0.2, -0.15) is 5.10 Å². The predicted octanol–water partition coefficient (Wildman–Crippen LogP) is 1.05. The molecule has 0 spiro atoms. The number of rotatable bonds is 5. The number of aryl methyl sites for hydroxylation is 1. The Hall–Kier alpha value is -2.15. The topological polar surface area (TPSA) is 82.6 Å². The Morgan fingerprint density at radius 1 is 1.60 bits per heavy atom. The third-order valence-electron chi connectivity index (χ3n) is 3.02. The lowest BCUT2D eigenvalue weighted by Crippen LogP contribution is -2.26. The molecule has 0 bridgehead atoms. The number of nitrogens with one attached hydrogen (secondary N) is 3. The van der Waals surface area contributed by atoms with Crippen molar-refractivity contribution in [3.8, 4) is 0 Å². The van der Waals surface area contributed by atoms with Gasteiger partial charge in [0.25, 0.3) is 0 Å². The highest BCUT2D eigenvalue weighted by atomic mass is 32.1. The lowest BCUT2D eigenvalue weighted by atomic mass is 10.0. The minimum Gasteiger partial charge on any atom is -0.303 e. The Balaban J connectivity index is 1.76. The summed E-state index contributed by atoms with van der Waals surface area (Å²) >= 11 is 1.56. The Morgan fingerprint density at radius 3 is 3.00 bits per heavy atom. The van der Waals surface area contributed by atoms with E-state index >= 15 is 0 Å². The first-order valence-electron chi connectivity index (χ1n) is 6.18. The van der Waals surface area contributed by atoms with Gasteiger partial charge in [0.15, 0.2) is 0 Å². The number of hydrazone groups is 1. The smallest absolute Gasteiger partial charge is 0.247 e. The molecule has 6 nitrogen and oxygen atoms in total. The highest BCUT2D eigenvalue weighted by Gasteiger charge is 2.27. The van der Waals surface area contributed by atoms with Crippen molar-refractivity contribution in [1.29, 1.82) is 0 Å². The molecular formula is C13H16N4O2S. The fourth-order valence-corrected chi connectivity index (χ4v) is 2.58. The van der Waals surface area contributed by atoms with Crippen molar-refractivity contribution in [3.63, 3.8) is 0 Å². The van der Waals surface area contributed by atoms with E-state index in [1.165, 1.54) is 0 Å². The highest BCUT2D eigenvalue weighted by molar-refractivity contribution is 7.11. The maximum atomic E-state index is 11.6. The second-order valence-electron chi connectivity index (χ2n) is 4.49. The van der Waals surface area contributed by atoms with Crippen molar-refractivity contribution in [3.05, 3.63) is 34.2 Å². The van der Waals surface area contributed by atoms with Crippen LogP contribution in [-0.2, 0) is 9.59 Å². The van der Waals surface area contributed by atoms with Gasteiger partial charge in [-0.25, -0.2) is 5.43 Å². The predicted molar refractivity (Wildman–Crippen MR) is 77.9 cm³/mol.